The van der Waals surface area contributed by atoms with Gasteiger partial charge >= 0.3 is 0 Å². The van der Waals surface area contributed by atoms with Gasteiger partial charge in [-0.3, -0.25) is 4.68 Å². The first-order valence-corrected chi connectivity index (χ1v) is 6.03. The van der Waals surface area contributed by atoms with Gasteiger partial charge in [-0.1, -0.05) is 17.7 Å². The van der Waals surface area contributed by atoms with Crippen LogP contribution in [0.25, 0.3) is 5.57 Å². The van der Waals surface area contributed by atoms with Crippen molar-refractivity contribution >= 4 is 33.1 Å². The number of aryl methyl sites for hydroxylation is 1. The number of nitrogens with two attached hydrogens (primary N) is 1. The Morgan fingerprint density at radius 1 is 1.53 bits per heavy atom. The maximum atomic E-state index is 5.87. The van der Waals surface area contributed by atoms with Gasteiger partial charge < -0.3 is 5.73 Å². The zero-order chi connectivity index (χ0) is 12.4. The highest BCUT2D eigenvalue weighted by atomic mass is 79.9. The molecule has 0 spiro atoms. The van der Waals surface area contributed by atoms with Gasteiger partial charge in [0, 0.05) is 24.4 Å². The zero-order valence-corrected chi connectivity index (χ0v) is 11.4. The number of nitrogens with zero attached hydrogens (tertiary/aromatic N) is 3. The van der Waals surface area contributed by atoms with Crippen molar-refractivity contribution in [1.29, 1.82) is 0 Å². The van der Waals surface area contributed by atoms with E-state index in [1.54, 1.807) is 16.9 Å². The molecule has 4 nitrogen and oxygen atoms in total. The Kier molecular flexibility index (Phi) is 3.49. The average Bonchev–Trinajstić information content (AvgIpc) is 2.63. The Hall–Kier alpha value is -1.33. The molecular weight excluding hydrogens is 304 g/mol. The largest absolute Gasteiger partial charge is 0.404 e. The lowest BCUT2D eigenvalue weighted by atomic mass is 10.1. The summed E-state index contributed by atoms with van der Waals surface area (Å²) in [6.45, 7) is 0. The number of halogens is 2. The molecule has 17 heavy (non-hydrogen) atoms. The van der Waals surface area contributed by atoms with Crippen LogP contribution in [0.5, 0.6) is 0 Å². The molecule has 6 heteroatoms. The van der Waals surface area contributed by atoms with Crippen LogP contribution in [-0.4, -0.2) is 14.8 Å². The topological polar surface area (TPSA) is 56.7 Å². The molecular formula is C11H10BrClN4. The second kappa shape index (κ2) is 4.89. The molecule has 0 aliphatic heterocycles. The minimum absolute atomic E-state index is 0.432. The van der Waals surface area contributed by atoms with E-state index in [4.69, 9.17) is 17.3 Å². The predicted molar refractivity (Wildman–Crippen MR) is 71.4 cm³/mol. The summed E-state index contributed by atoms with van der Waals surface area (Å²) in [5.74, 6) is 0. The third-order valence-corrected chi connectivity index (χ3v) is 3.47. The van der Waals surface area contributed by atoms with E-state index in [-0.39, 0.29) is 0 Å². The third-order valence-electron chi connectivity index (χ3n) is 2.31. The van der Waals surface area contributed by atoms with E-state index in [0.717, 1.165) is 15.7 Å². The van der Waals surface area contributed by atoms with E-state index in [9.17, 15) is 0 Å². The van der Waals surface area contributed by atoms with Gasteiger partial charge in [0.2, 0.25) is 0 Å². The van der Waals surface area contributed by atoms with Gasteiger partial charge in [0.1, 0.15) is 9.76 Å². The van der Waals surface area contributed by atoms with Gasteiger partial charge in [0.15, 0.2) is 0 Å². The Morgan fingerprint density at radius 3 is 2.82 bits per heavy atom. The molecule has 0 amide bonds. The first kappa shape index (κ1) is 12.1. The molecule has 0 unspecified atom stereocenters. The highest BCUT2D eigenvalue weighted by Crippen LogP contribution is 2.27. The summed E-state index contributed by atoms with van der Waals surface area (Å²) in [5, 5.41) is 4.58. The molecule has 2 rings (SSSR count). The van der Waals surface area contributed by atoms with Crippen molar-refractivity contribution in [2.75, 3.05) is 0 Å². The van der Waals surface area contributed by atoms with Crippen LogP contribution in [-0.2, 0) is 7.05 Å². The van der Waals surface area contributed by atoms with Crippen molar-refractivity contribution in [3.8, 4) is 0 Å². The highest BCUT2D eigenvalue weighted by molar-refractivity contribution is 9.10. The molecule has 88 valence electrons. The predicted octanol–water partition coefficient (Wildman–Crippen LogP) is 2.58. The lowest BCUT2D eigenvalue weighted by Gasteiger charge is -2.05. The van der Waals surface area contributed by atoms with Crippen LogP contribution in [0.1, 0.15) is 11.3 Å². The Bertz CT molecular complexity index is 577. The minimum Gasteiger partial charge on any atom is -0.404 e. The smallest absolute Gasteiger partial charge is 0.129 e. The lowest BCUT2D eigenvalue weighted by Crippen LogP contribution is -1.96. The molecule has 0 fully saturated rings. The Morgan fingerprint density at radius 2 is 2.29 bits per heavy atom. The van der Waals surface area contributed by atoms with E-state index >= 15 is 0 Å². The maximum Gasteiger partial charge on any atom is 0.129 e. The van der Waals surface area contributed by atoms with Gasteiger partial charge in [-0.2, -0.15) is 5.10 Å². The van der Waals surface area contributed by atoms with Crippen LogP contribution in [0.4, 0.5) is 0 Å². The van der Waals surface area contributed by atoms with E-state index in [0.29, 0.717) is 10.8 Å². The molecule has 0 bridgehead atoms. The summed E-state index contributed by atoms with van der Waals surface area (Å²) in [6, 6.07) is 5.40. The fourth-order valence-corrected chi connectivity index (χ4v) is 2.05. The van der Waals surface area contributed by atoms with E-state index in [1.165, 1.54) is 6.20 Å². The van der Waals surface area contributed by atoms with Crippen LogP contribution in [0.3, 0.4) is 0 Å². The number of rotatable bonds is 2. The molecule has 2 aromatic heterocycles. The number of hydrogen-bond donors (Lipinski definition) is 1. The zero-order valence-electron chi connectivity index (χ0n) is 9.06. The molecule has 0 aliphatic rings. The van der Waals surface area contributed by atoms with Crippen LogP contribution in [0.15, 0.2) is 35.2 Å². The van der Waals surface area contributed by atoms with E-state index in [2.05, 4.69) is 26.0 Å². The summed E-state index contributed by atoms with van der Waals surface area (Å²) in [7, 11) is 1.84. The minimum atomic E-state index is 0.432. The summed E-state index contributed by atoms with van der Waals surface area (Å²) >= 11 is 9.32. The van der Waals surface area contributed by atoms with Crippen LogP contribution >= 0.6 is 27.5 Å². The second-order valence-electron chi connectivity index (χ2n) is 3.40. The van der Waals surface area contributed by atoms with E-state index < -0.39 is 0 Å². The van der Waals surface area contributed by atoms with Gasteiger partial charge in [-0.25, -0.2) is 4.98 Å². The van der Waals surface area contributed by atoms with Crippen molar-refractivity contribution in [1.82, 2.24) is 14.8 Å². The van der Waals surface area contributed by atoms with Crippen molar-refractivity contribution < 1.29 is 0 Å². The molecule has 0 atom stereocenters. The second-order valence-corrected chi connectivity index (χ2v) is 4.54. The Labute approximate surface area is 112 Å². The fraction of sp³-hybridized carbons (Fsp3) is 0.0909. The molecule has 2 heterocycles. The molecule has 0 saturated heterocycles. The summed E-state index contributed by atoms with van der Waals surface area (Å²) in [4.78, 5) is 4.23. The third kappa shape index (κ3) is 2.35. The summed E-state index contributed by atoms with van der Waals surface area (Å²) < 4.78 is 2.56. The van der Waals surface area contributed by atoms with Gasteiger partial charge in [-0.05, 0) is 28.1 Å². The van der Waals surface area contributed by atoms with E-state index in [1.807, 2.05) is 19.2 Å². The van der Waals surface area contributed by atoms with Crippen LogP contribution < -0.4 is 5.73 Å². The fourth-order valence-electron chi connectivity index (χ4n) is 1.47. The van der Waals surface area contributed by atoms with Crippen molar-refractivity contribution in [3.63, 3.8) is 0 Å². The van der Waals surface area contributed by atoms with Gasteiger partial charge in [0.05, 0.1) is 11.9 Å². The lowest BCUT2D eigenvalue weighted by molar-refractivity contribution is 0.749. The maximum absolute atomic E-state index is 5.87. The summed E-state index contributed by atoms with van der Waals surface area (Å²) in [5.41, 5.74) is 8.04. The molecule has 0 aliphatic carbocycles. The summed E-state index contributed by atoms with van der Waals surface area (Å²) in [6.07, 6.45) is 3.23. The molecule has 0 saturated carbocycles. The highest BCUT2D eigenvalue weighted by Gasteiger charge is 2.13. The molecule has 2 aromatic rings. The van der Waals surface area contributed by atoms with Crippen molar-refractivity contribution in [2.24, 2.45) is 12.8 Å². The number of pyridine rings is 1. The molecule has 0 aromatic carbocycles. The molecule has 2 N–H and O–H groups in total. The van der Waals surface area contributed by atoms with Gasteiger partial charge in [-0.15, -0.1) is 0 Å². The normalized spacial score (nSPS) is 11.8. The monoisotopic (exact) mass is 312 g/mol. The van der Waals surface area contributed by atoms with Crippen molar-refractivity contribution in [3.05, 3.63) is 51.6 Å². The quantitative estimate of drug-likeness (QED) is 0.867. The number of aromatic nitrogens is 3. The average molecular weight is 314 g/mol. The van der Waals surface area contributed by atoms with Crippen molar-refractivity contribution in [2.45, 2.75) is 0 Å². The van der Waals surface area contributed by atoms with Crippen LogP contribution in [0.2, 0.25) is 5.15 Å². The first-order valence-electron chi connectivity index (χ1n) is 4.86. The molecule has 0 radical (unpaired) electrons. The first-order chi connectivity index (χ1) is 8.13. The standard InChI is InChI=1S/C11H10BrClN4/c1-17-11(12)8(6-15-17)7(5-14)9-3-2-4-10(13)16-9/h2-6H,14H2,1H3. The number of hydrogen-bond acceptors (Lipinski definition) is 3. The Balaban J connectivity index is 2.52. The SMILES string of the molecule is Cn1ncc(C(=CN)c2cccc(Cl)n2)c1Br. The van der Waals surface area contributed by atoms with Crippen LogP contribution in [0, 0.1) is 0 Å². The van der Waals surface area contributed by atoms with Gasteiger partial charge in [0.25, 0.3) is 0 Å².